The van der Waals surface area contributed by atoms with Gasteiger partial charge in [-0.2, -0.15) is 9.97 Å². The van der Waals surface area contributed by atoms with Crippen molar-refractivity contribution in [3.63, 3.8) is 0 Å². The standard InChI is InChI=1S/C36H41F2N7O4S/c1-18-29-24-7-6-22(45(24)34(46)49-35(2,3)4)16-44(29)31-25-28(41-33(42-31)47-17-36-9-5-10-43(36)15-20(37)14-36)26(38)27(40-32(25)48-18)23-13-21(39)12-19-8-11-50-30(19)23/h8,11-13,18,20,22,24,29H,5-7,9-10,14-17,39H2,1-4H3/t18-,20+,22+,24-,29+,36-/m0/s1. The average molecular weight is 706 g/mol. The number of carbonyl (C=O) groups is 1. The molecule has 4 fully saturated rings. The van der Waals surface area contributed by atoms with Crippen LogP contribution in [0.4, 0.5) is 25.1 Å². The zero-order valence-electron chi connectivity index (χ0n) is 28.6. The Kier molecular flexibility index (Phi) is 7.17. The molecule has 0 radical (unpaired) electrons. The van der Waals surface area contributed by atoms with Gasteiger partial charge in [0.2, 0.25) is 5.88 Å². The van der Waals surface area contributed by atoms with Gasteiger partial charge in [-0.25, -0.2) is 18.6 Å². The Bertz CT molecular complexity index is 2040. The molecule has 9 rings (SSSR count). The van der Waals surface area contributed by atoms with Crippen molar-refractivity contribution < 1.29 is 27.8 Å². The van der Waals surface area contributed by atoms with Crippen LogP contribution < -0.4 is 20.1 Å². The molecule has 0 aliphatic carbocycles. The van der Waals surface area contributed by atoms with Crippen LogP contribution in [0.15, 0.2) is 23.6 Å². The topological polar surface area (TPSA) is 119 Å². The largest absolute Gasteiger partial charge is 0.472 e. The fraction of sp³-hybridized carbons (Fsp3) is 0.556. The second-order valence-corrected chi connectivity index (χ2v) is 16.5. The van der Waals surface area contributed by atoms with Gasteiger partial charge in [0.1, 0.15) is 46.9 Å². The van der Waals surface area contributed by atoms with Crippen LogP contribution in [0.25, 0.3) is 32.2 Å². The van der Waals surface area contributed by atoms with Gasteiger partial charge in [-0.15, -0.1) is 11.3 Å². The zero-order valence-corrected chi connectivity index (χ0v) is 29.4. The van der Waals surface area contributed by atoms with Crippen LogP contribution in [0, 0.1) is 5.82 Å². The Morgan fingerprint density at radius 1 is 1.20 bits per heavy atom. The van der Waals surface area contributed by atoms with Crippen LogP contribution in [-0.4, -0.2) is 98.6 Å². The van der Waals surface area contributed by atoms with Crippen molar-refractivity contribution in [1.82, 2.24) is 24.8 Å². The molecule has 50 heavy (non-hydrogen) atoms. The fourth-order valence-electron chi connectivity index (χ4n) is 9.19. The number of rotatable bonds is 4. The number of nitrogens with zero attached hydrogens (tertiary/aromatic N) is 6. The summed E-state index contributed by atoms with van der Waals surface area (Å²) in [7, 11) is 0. The second kappa shape index (κ2) is 11.2. The van der Waals surface area contributed by atoms with E-state index < -0.39 is 29.2 Å². The van der Waals surface area contributed by atoms with Crippen LogP contribution in [0.2, 0.25) is 0 Å². The van der Waals surface area contributed by atoms with Gasteiger partial charge in [0, 0.05) is 35.5 Å². The predicted octanol–water partition coefficient (Wildman–Crippen LogP) is 6.32. The first kappa shape index (κ1) is 31.9. The van der Waals surface area contributed by atoms with Gasteiger partial charge >= 0.3 is 12.1 Å². The van der Waals surface area contributed by atoms with E-state index in [1.807, 2.05) is 50.1 Å². The summed E-state index contributed by atoms with van der Waals surface area (Å²) in [6.07, 6.45) is 1.96. The van der Waals surface area contributed by atoms with Crippen LogP contribution in [0.5, 0.6) is 11.9 Å². The number of nitrogens with two attached hydrogens (primary N) is 1. The van der Waals surface area contributed by atoms with E-state index in [9.17, 15) is 9.18 Å². The molecule has 0 unspecified atom stereocenters. The van der Waals surface area contributed by atoms with Gasteiger partial charge in [0.05, 0.1) is 23.7 Å². The number of carbonyl (C=O) groups excluding carboxylic acids is 1. The minimum absolute atomic E-state index is 0.0158. The molecule has 11 nitrogen and oxygen atoms in total. The molecule has 1 aromatic carbocycles. The Labute approximate surface area is 292 Å². The minimum atomic E-state index is -0.918. The number of benzene rings is 1. The molecule has 8 heterocycles. The first-order valence-electron chi connectivity index (χ1n) is 17.5. The number of hydrogen-bond donors (Lipinski definition) is 1. The number of thiophene rings is 1. The summed E-state index contributed by atoms with van der Waals surface area (Å²) in [5.74, 6) is 0.0358. The van der Waals surface area contributed by atoms with Crippen LogP contribution in [0.1, 0.15) is 59.8 Å². The summed E-state index contributed by atoms with van der Waals surface area (Å²) in [6.45, 7) is 9.39. The lowest BCUT2D eigenvalue weighted by Gasteiger charge is -2.48. The molecule has 4 aromatic rings. The Morgan fingerprint density at radius 2 is 2.04 bits per heavy atom. The van der Waals surface area contributed by atoms with Gasteiger partial charge in [-0.1, -0.05) is 0 Å². The van der Waals surface area contributed by atoms with Crippen molar-refractivity contribution in [1.29, 1.82) is 0 Å². The fourth-order valence-corrected chi connectivity index (χ4v) is 10.1. The van der Waals surface area contributed by atoms with Crippen molar-refractivity contribution in [2.75, 3.05) is 36.9 Å². The van der Waals surface area contributed by atoms with E-state index in [1.165, 1.54) is 11.3 Å². The quantitative estimate of drug-likeness (QED) is 0.242. The lowest BCUT2D eigenvalue weighted by atomic mass is 9.95. The molecule has 5 aliphatic heterocycles. The summed E-state index contributed by atoms with van der Waals surface area (Å²) in [5, 5.41) is 3.18. The summed E-state index contributed by atoms with van der Waals surface area (Å²) < 4.78 is 51.5. The maximum atomic E-state index is 17.1. The lowest BCUT2D eigenvalue weighted by Crippen LogP contribution is -2.65. The number of pyridine rings is 1. The third-order valence-corrected chi connectivity index (χ3v) is 12.1. The number of fused-ring (bicyclic) bond motifs is 7. The molecule has 264 valence electrons. The number of nitrogen functional groups attached to an aromatic ring is 1. The van der Waals surface area contributed by atoms with Crippen LogP contribution in [0.3, 0.4) is 0 Å². The number of anilines is 2. The van der Waals surface area contributed by atoms with Crippen molar-refractivity contribution in [3.05, 3.63) is 29.4 Å². The normalized spacial score (nSPS) is 28.9. The molecular weight excluding hydrogens is 665 g/mol. The zero-order chi connectivity index (χ0) is 34.7. The number of piperazine rings is 1. The molecule has 4 saturated heterocycles. The first-order valence-corrected chi connectivity index (χ1v) is 18.4. The maximum Gasteiger partial charge on any atom is 0.410 e. The minimum Gasteiger partial charge on any atom is -0.472 e. The summed E-state index contributed by atoms with van der Waals surface area (Å²) >= 11 is 1.48. The molecule has 0 spiro atoms. The highest BCUT2D eigenvalue weighted by Gasteiger charge is 2.54. The lowest BCUT2D eigenvalue weighted by molar-refractivity contribution is 0.000938. The number of hydrogen-bond acceptors (Lipinski definition) is 11. The highest BCUT2D eigenvalue weighted by Crippen LogP contribution is 2.48. The van der Waals surface area contributed by atoms with Crippen molar-refractivity contribution in [2.24, 2.45) is 0 Å². The van der Waals surface area contributed by atoms with Gasteiger partial charge < -0.3 is 24.8 Å². The average Bonchev–Trinajstić information content (AvgIpc) is 3.80. The Hall–Kier alpha value is -4.04. The van der Waals surface area contributed by atoms with Gasteiger partial charge in [0.25, 0.3) is 0 Å². The van der Waals surface area contributed by atoms with E-state index in [-0.39, 0.29) is 53.9 Å². The van der Waals surface area contributed by atoms with Crippen molar-refractivity contribution in [3.8, 4) is 23.1 Å². The predicted molar refractivity (Wildman–Crippen MR) is 187 cm³/mol. The number of amides is 1. The Balaban J connectivity index is 1.19. The Morgan fingerprint density at radius 3 is 2.86 bits per heavy atom. The molecule has 3 aromatic heterocycles. The molecule has 1 amide bonds. The van der Waals surface area contributed by atoms with Gasteiger partial charge in [-0.05, 0) is 88.9 Å². The summed E-state index contributed by atoms with van der Waals surface area (Å²) in [6, 6.07) is 4.82. The highest BCUT2D eigenvalue weighted by molar-refractivity contribution is 7.17. The molecule has 2 bridgehead atoms. The first-order chi connectivity index (χ1) is 23.9. The molecule has 5 aliphatic rings. The van der Waals surface area contributed by atoms with E-state index >= 15 is 4.39 Å². The smallest absolute Gasteiger partial charge is 0.410 e. The summed E-state index contributed by atoms with van der Waals surface area (Å²) in [4.78, 5) is 34.3. The summed E-state index contributed by atoms with van der Waals surface area (Å²) in [5.41, 5.74) is 6.34. The van der Waals surface area contributed by atoms with Crippen LogP contribution >= 0.6 is 11.3 Å². The molecule has 2 N–H and O–H groups in total. The third-order valence-electron chi connectivity index (χ3n) is 11.1. The van der Waals surface area contributed by atoms with E-state index in [0.717, 1.165) is 42.3 Å². The highest BCUT2D eigenvalue weighted by atomic mass is 32.1. The second-order valence-electron chi connectivity index (χ2n) is 15.6. The number of halogens is 2. The SMILES string of the molecule is C[C@@H]1Oc2nc(-c3cc(N)cc4ccsc34)c(F)c3nc(OC[C@@]45CCCN4C[C@H](F)C5)nc(c23)N2C[C@H]3CC[C@@H]([C@@H]12)N3C(=O)OC(C)(C)C. The number of ether oxygens (including phenoxy) is 3. The van der Waals surface area contributed by atoms with Crippen molar-refractivity contribution in [2.45, 2.75) is 101 Å². The number of alkyl halides is 1. The molecule has 0 saturated carbocycles. The van der Waals surface area contributed by atoms with Gasteiger partial charge in [0.15, 0.2) is 5.82 Å². The van der Waals surface area contributed by atoms with E-state index in [0.29, 0.717) is 42.0 Å². The monoisotopic (exact) mass is 705 g/mol. The van der Waals surface area contributed by atoms with E-state index in [1.54, 1.807) is 6.07 Å². The van der Waals surface area contributed by atoms with Crippen molar-refractivity contribution >= 4 is 49.9 Å². The van der Waals surface area contributed by atoms with E-state index in [4.69, 9.17) is 34.9 Å². The molecular formula is C36H41F2N7O4S. The van der Waals surface area contributed by atoms with E-state index in [2.05, 4.69) is 9.80 Å². The third kappa shape index (κ3) is 4.95. The van der Waals surface area contributed by atoms with Gasteiger partial charge in [-0.3, -0.25) is 9.80 Å². The molecule has 14 heteroatoms. The number of aromatic nitrogens is 3. The molecule has 6 atom stereocenters. The maximum absolute atomic E-state index is 17.1. The van der Waals surface area contributed by atoms with Crippen LogP contribution in [-0.2, 0) is 4.74 Å².